The Morgan fingerprint density at radius 3 is 2.72 bits per heavy atom. The summed E-state index contributed by atoms with van der Waals surface area (Å²) in [6, 6.07) is 9.61. The second-order valence-electron chi connectivity index (χ2n) is 6.59. The van der Waals surface area contributed by atoms with Crippen LogP contribution < -0.4 is 5.32 Å². The van der Waals surface area contributed by atoms with Crippen molar-refractivity contribution in [3.63, 3.8) is 0 Å². The molecule has 2 aliphatic heterocycles. The monoisotopic (exact) mass is 355 g/mol. The van der Waals surface area contributed by atoms with Crippen LogP contribution in [0, 0.1) is 12.3 Å². The number of rotatable bonds is 2. The maximum atomic E-state index is 13.1. The zero-order valence-corrected chi connectivity index (χ0v) is 14.6. The summed E-state index contributed by atoms with van der Waals surface area (Å²) in [7, 11) is 0. The summed E-state index contributed by atoms with van der Waals surface area (Å²) >= 11 is 1.37. The largest absolute Gasteiger partial charge is 0.337 e. The second-order valence-corrected chi connectivity index (χ2v) is 7.79. The van der Waals surface area contributed by atoms with E-state index in [1.807, 2.05) is 37.3 Å². The summed E-state index contributed by atoms with van der Waals surface area (Å²) in [5.74, 6) is -0.622. The number of hydrogen-bond donors (Lipinski definition) is 1. The van der Waals surface area contributed by atoms with Gasteiger partial charge in [0.25, 0.3) is 5.91 Å². The molecule has 1 spiro atoms. The van der Waals surface area contributed by atoms with Gasteiger partial charge in [0.1, 0.15) is 4.88 Å². The molecule has 1 aromatic carbocycles. The Morgan fingerprint density at radius 1 is 1.28 bits per heavy atom. The molecule has 2 aliphatic rings. The number of carbonyl (C=O) groups is 3. The minimum absolute atomic E-state index is 0.117. The van der Waals surface area contributed by atoms with Gasteiger partial charge in [-0.05, 0) is 13.3 Å². The highest BCUT2D eigenvalue weighted by atomic mass is 32.1. The molecule has 0 bridgehead atoms. The Labute approximate surface area is 148 Å². The number of amides is 3. The SMILES string of the molecule is Cc1nc(-c2ccccc2)c(C(=O)N2CC[C@@]3(CC(=O)NC3=O)C2)s1. The molecule has 4 rings (SSSR count). The smallest absolute Gasteiger partial charge is 0.266 e. The number of nitrogens with zero attached hydrogens (tertiary/aromatic N) is 2. The Hall–Kier alpha value is -2.54. The molecule has 1 N–H and O–H groups in total. The van der Waals surface area contributed by atoms with Gasteiger partial charge in [-0.1, -0.05) is 30.3 Å². The van der Waals surface area contributed by atoms with E-state index in [0.29, 0.717) is 23.5 Å². The molecule has 0 unspecified atom stereocenters. The van der Waals surface area contributed by atoms with Gasteiger partial charge in [0.05, 0.1) is 16.1 Å². The van der Waals surface area contributed by atoms with Gasteiger partial charge in [-0.15, -0.1) is 11.3 Å². The normalized spacial score (nSPS) is 22.7. The number of hydrogen-bond acceptors (Lipinski definition) is 5. The zero-order valence-electron chi connectivity index (χ0n) is 13.7. The lowest BCUT2D eigenvalue weighted by Gasteiger charge is -2.20. The highest BCUT2D eigenvalue weighted by molar-refractivity contribution is 7.14. The third-order valence-corrected chi connectivity index (χ3v) is 5.81. The molecule has 1 aromatic heterocycles. The van der Waals surface area contributed by atoms with Gasteiger partial charge in [0.15, 0.2) is 0 Å². The lowest BCUT2D eigenvalue weighted by Crippen LogP contribution is -2.36. The van der Waals surface area contributed by atoms with Gasteiger partial charge in [-0.2, -0.15) is 0 Å². The van der Waals surface area contributed by atoms with Crippen LogP contribution in [-0.4, -0.2) is 40.7 Å². The van der Waals surface area contributed by atoms with E-state index < -0.39 is 5.41 Å². The van der Waals surface area contributed by atoms with E-state index in [0.717, 1.165) is 10.6 Å². The maximum absolute atomic E-state index is 13.1. The van der Waals surface area contributed by atoms with Crippen molar-refractivity contribution in [2.24, 2.45) is 5.41 Å². The summed E-state index contributed by atoms with van der Waals surface area (Å²) in [5.41, 5.74) is 0.832. The fraction of sp³-hybridized carbons (Fsp3) is 0.333. The van der Waals surface area contributed by atoms with E-state index in [1.54, 1.807) is 4.90 Å². The number of aromatic nitrogens is 1. The predicted molar refractivity (Wildman–Crippen MR) is 93.0 cm³/mol. The minimum atomic E-state index is -0.751. The van der Waals surface area contributed by atoms with Gasteiger partial charge in [0, 0.05) is 25.1 Å². The first-order chi connectivity index (χ1) is 12.0. The van der Waals surface area contributed by atoms with Crippen LogP contribution in [0.25, 0.3) is 11.3 Å². The molecule has 0 aliphatic carbocycles. The fourth-order valence-corrected chi connectivity index (χ4v) is 4.48. The summed E-state index contributed by atoms with van der Waals surface area (Å²) in [6.07, 6.45) is 0.692. The van der Waals surface area contributed by atoms with E-state index in [2.05, 4.69) is 10.3 Å². The van der Waals surface area contributed by atoms with Crippen LogP contribution in [0.4, 0.5) is 0 Å². The Bertz CT molecular complexity index is 877. The van der Waals surface area contributed by atoms with E-state index in [4.69, 9.17) is 0 Å². The second kappa shape index (κ2) is 5.77. The topological polar surface area (TPSA) is 79.4 Å². The van der Waals surface area contributed by atoms with Crippen LogP contribution in [0.5, 0.6) is 0 Å². The van der Waals surface area contributed by atoms with Gasteiger partial charge < -0.3 is 4.90 Å². The van der Waals surface area contributed by atoms with Crippen molar-refractivity contribution in [2.45, 2.75) is 19.8 Å². The van der Waals surface area contributed by atoms with Gasteiger partial charge >= 0.3 is 0 Å². The molecule has 2 fully saturated rings. The van der Waals surface area contributed by atoms with Crippen LogP contribution in [0.3, 0.4) is 0 Å². The number of imide groups is 1. The number of aryl methyl sites for hydroxylation is 1. The molecule has 2 saturated heterocycles. The maximum Gasteiger partial charge on any atom is 0.266 e. The fourth-order valence-electron chi connectivity index (χ4n) is 3.57. The van der Waals surface area contributed by atoms with Crippen molar-refractivity contribution >= 4 is 29.1 Å². The van der Waals surface area contributed by atoms with Crippen molar-refractivity contribution in [2.75, 3.05) is 13.1 Å². The van der Waals surface area contributed by atoms with Gasteiger partial charge in [-0.25, -0.2) is 4.98 Å². The number of carbonyl (C=O) groups excluding carboxylic acids is 3. The van der Waals surface area contributed by atoms with Crippen LogP contribution in [0.1, 0.15) is 27.5 Å². The number of likely N-dealkylation sites (tertiary alicyclic amines) is 1. The first-order valence-corrected chi connectivity index (χ1v) is 8.97. The summed E-state index contributed by atoms with van der Waals surface area (Å²) < 4.78 is 0. The number of thiazole rings is 1. The first kappa shape index (κ1) is 16.0. The Morgan fingerprint density at radius 2 is 2.04 bits per heavy atom. The summed E-state index contributed by atoms with van der Waals surface area (Å²) in [4.78, 5) is 43.5. The molecular weight excluding hydrogens is 338 g/mol. The molecular formula is C18H17N3O3S. The van der Waals surface area contributed by atoms with Crippen molar-refractivity contribution in [3.8, 4) is 11.3 Å². The van der Waals surface area contributed by atoms with E-state index in [-0.39, 0.29) is 30.7 Å². The average Bonchev–Trinajstić information content (AvgIpc) is 3.26. The standard InChI is InChI=1S/C18H17N3O3S/c1-11-19-14(12-5-3-2-4-6-12)15(25-11)16(23)21-8-7-18(10-21)9-13(22)20-17(18)24/h2-6H,7-10H2,1H3,(H,20,22,24)/t18-/m1/s1. The van der Waals surface area contributed by atoms with Crippen LogP contribution in [0.2, 0.25) is 0 Å². The van der Waals surface area contributed by atoms with Crippen molar-refractivity contribution < 1.29 is 14.4 Å². The third-order valence-electron chi connectivity index (χ3n) is 4.85. The van der Waals surface area contributed by atoms with Gasteiger partial charge in [-0.3, -0.25) is 19.7 Å². The molecule has 2 aromatic rings. The molecule has 3 amide bonds. The lowest BCUT2D eigenvalue weighted by molar-refractivity contribution is -0.128. The molecule has 0 saturated carbocycles. The molecule has 25 heavy (non-hydrogen) atoms. The van der Waals surface area contributed by atoms with E-state index >= 15 is 0 Å². The molecule has 128 valence electrons. The quantitative estimate of drug-likeness (QED) is 0.836. The Kier molecular flexibility index (Phi) is 3.68. The highest BCUT2D eigenvalue weighted by Crippen LogP contribution is 2.39. The number of benzene rings is 1. The predicted octanol–water partition coefficient (Wildman–Crippen LogP) is 2.00. The Balaban J connectivity index is 1.63. The highest BCUT2D eigenvalue weighted by Gasteiger charge is 2.52. The molecule has 0 radical (unpaired) electrons. The summed E-state index contributed by atoms with van der Waals surface area (Å²) in [6.45, 7) is 2.64. The average molecular weight is 355 g/mol. The van der Waals surface area contributed by atoms with Crippen molar-refractivity contribution in [3.05, 3.63) is 40.2 Å². The van der Waals surface area contributed by atoms with E-state index in [9.17, 15) is 14.4 Å². The third kappa shape index (κ3) is 2.64. The minimum Gasteiger partial charge on any atom is -0.337 e. The van der Waals surface area contributed by atoms with Gasteiger partial charge in [0.2, 0.25) is 11.8 Å². The van der Waals surface area contributed by atoms with E-state index in [1.165, 1.54) is 11.3 Å². The molecule has 1 atom stereocenters. The van der Waals surface area contributed by atoms with Crippen LogP contribution >= 0.6 is 11.3 Å². The van der Waals surface area contributed by atoms with Crippen LogP contribution in [-0.2, 0) is 9.59 Å². The first-order valence-electron chi connectivity index (χ1n) is 8.15. The van der Waals surface area contributed by atoms with Crippen LogP contribution in [0.15, 0.2) is 30.3 Å². The lowest BCUT2D eigenvalue weighted by atomic mass is 9.85. The molecule has 6 nitrogen and oxygen atoms in total. The number of nitrogens with one attached hydrogen (secondary N) is 1. The molecule has 7 heteroatoms. The van der Waals surface area contributed by atoms with Crippen molar-refractivity contribution in [1.82, 2.24) is 15.2 Å². The van der Waals surface area contributed by atoms with Crippen molar-refractivity contribution in [1.29, 1.82) is 0 Å². The molecule has 3 heterocycles. The zero-order chi connectivity index (χ0) is 17.6. The summed E-state index contributed by atoms with van der Waals surface area (Å²) in [5, 5.41) is 3.19.